The monoisotopic (exact) mass is 168 g/mol. The van der Waals surface area contributed by atoms with Crippen LogP contribution in [0.4, 0.5) is 0 Å². The number of Topliss-reactive ketones (excluding diaryl/α,β-unsaturated/α-hetero) is 1. The molecular weight excluding hydrogens is 148 g/mol. The molecule has 0 rings (SSSR count). The van der Waals surface area contributed by atoms with Crippen molar-refractivity contribution in [3.05, 3.63) is 12.7 Å². The largest absolute Gasteiger partial charge is 0.299 e. The molecule has 1 nitrogen and oxygen atoms in total. The van der Waals surface area contributed by atoms with E-state index in [1.165, 1.54) is 0 Å². The summed E-state index contributed by atoms with van der Waals surface area (Å²) < 4.78 is 0. The van der Waals surface area contributed by atoms with E-state index in [1.807, 2.05) is 13.0 Å². The van der Waals surface area contributed by atoms with Gasteiger partial charge in [-0.05, 0) is 19.3 Å². The molecule has 0 radical (unpaired) electrons. The summed E-state index contributed by atoms with van der Waals surface area (Å²) in [5, 5.41) is 0. The van der Waals surface area contributed by atoms with Gasteiger partial charge in [0.25, 0.3) is 0 Å². The molecule has 0 bridgehead atoms. The third-order valence-electron chi connectivity index (χ3n) is 2.13. The summed E-state index contributed by atoms with van der Waals surface area (Å²) in [5.74, 6) is 0.647. The average Bonchev–Trinajstić information content (AvgIpc) is 2.10. The van der Waals surface area contributed by atoms with E-state index in [0.29, 0.717) is 5.78 Å². The standard InChI is InChI=1S/C11H20O/c1-4-6-8-10(3)11(12)9-7-5-2/h4,10H,1,5-9H2,2-3H3/t10-/m1/s1. The van der Waals surface area contributed by atoms with Crippen LogP contribution in [-0.4, -0.2) is 5.78 Å². The molecule has 0 aromatic rings. The fraction of sp³-hybridized carbons (Fsp3) is 0.727. The van der Waals surface area contributed by atoms with E-state index >= 15 is 0 Å². The normalized spacial score (nSPS) is 12.5. The number of rotatable bonds is 7. The van der Waals surface area contributed by atoms with Crippen LogP contribution in [0.3, 0.4) is 0 Å². The van der Waals surface area contributed by atoms with Crippen LogP contribution in [0, 0.1) is 5.92 Å². The first-order valence-corrected chi connectivity index (χ1v) is 4.86. The Morgan fingerprint density at radius 3 is 2.75 bits per heavy atom. The van der Waals surface area contributed by atoms with Crippen molar-refractivity contribution in [3.8, 4) is 0 Å². The minimum absolute atomic E-state index is 0.231. The van der Waals surface area contributed by atoms with Gasteiger partial charge in [0.05, 0.1) is 0 Å². The van der Waals surface area contributed by atoms with E-state index in [-0.39, 0.29) is 5.92 Å². The van der Waals surface area contributed by atoms with Gasteiger partial charge in [0.15, 0.2) is 0 Å². The number of hydrogen-bond acceptors (Lipinski definition) is 1. The van der Waals surface area contributed by atoms with Crippen LogP contribution in [0.1, 0.15) is 46.0 Å². The van der Waals surface area contributed by atoms with Gasteiger partial charge in [0.1, 0.15) is 5.78 Å². The summed E-state index contributed by atoms with van der Waals surface area (Å²) in [6.07, 6.45) is 6.71. The summed E-state index contributed by atoms with van der Waals surface area (Å²) in [4.78, 5) is 11.4. The lowest BCUT2D eigenvalue weighted by Crippen LogP contribution is -2.09. The smallest absolute Gasteiger partial charge is 0.135 e. The topological polar surface area (TPSA) is 17.1 Å². The van der Waals surface area contributed by atoms with Crippen LogP contribution in [0.5, 0.6) is 0 Å². The van der Waals surface area contributed by atoms with Gasteiger partial charge in [-0.2, -0.15) is 0 Å². The first-order valence-electron chi connectivity index (χ1n) is 4.86. The molecule has 0 heterocycles. The molecule has 0 aromatic carbocycles. The Kier molecular flexibility index (Phi) is 6.73. The highest BCUT2D eigenvalue weighted by Gasteiger charge is 2.10. The Morgan fingerprint density at radius 1 is 1.58 bits per heavy atom. The Balaban J connectivity index is 3.53. The van der Waals surface area contributed by atoms with Crippen molar-refractivity contribution < 1.29 is 4.79 Å². The van der Waals surface area contributed by atoms with Crippen molar-refractivity contribution in [1.29, 1.82) is 0 Å². The number of allylic oxidation sites excluding steroid dienone is 1. The maximum absolute atomic E-state index is 11.4. The second kappa shape index (κ2) is 7.08. The highest BCUT2D eigenvalue weighted by Crippen LogP contribution is 2.11. The molecule has 0 aliphatic carbocycles. The predicted octanol–water partition coefficient (Wildman–Crippen LogP) is 3.35. The minimum Gasteiger partial charge on any atom is -0.299 e. The highest BCUT2D eigenvalue weighted by atomic mass is 16.1. The van der Waals surface area contributed by atoms with Crippen molar-refractivity contribution in [1.82, 2.24) is 0 Å². The first-order chi connectivity index (χ1) is 5.72. The molecule has 0 aromatic heterocycles. The molecule has 0 aliphatic rings. The molecule has 0 fully saturated rings. The van der Waals surface area contributed by atoms with E-state index in [0.717, 1.165) is 32.1 Å². The molecule has 12 heavy (non-hydrogen) atoms. The molecule has 0 aliphatic heterocycles. The number of carbonyl (C=O) groups is 1. The van der Waals surface area contributed by atoms with Gasteiger partial charge < -0.3 is 0 Å². The second-order valence-electron chi connectivity index (χ2n) is 3.34. The third-order valence-corrected chi connectivity index (χ3v) is 2.13. The van der Waals surface area contributed by atoms with Gasteiger partial charge in [-0.1, -0.05) is 26.3 Å². The number of unbranched alkanes of at least 4 members (excludes halogenated alkanes) is 1. The Labute approximate surface area is 75.9 Å². The number of hydrogen-bond donors (Lipinski definition) is 0. The van der Waals surface area contributed by atoms with Crippen LogP contribution in [0.25, 0.3) is 0 Å². The summed E-state index contributed by atoms with van der Waals surface area (Å²) in [6.45, 7) is 7.77. The van der Waals surface area contributed by atoms with Crippen LogP contribution >= 0.6 is 0 Å². The molecule has 70 valence electrons. The molecule has 1 atom stereocenters. The van der Waals surface area contributed by atoms with Gasteiger partial charge in [-0.25, -0.2) is 0 Å². The third kappa shape index (κ3) is 5.11. The predicted molar refractivity (Wildman–Crippen MR) is 53.1 cm³/mol. The molecule has 0 amide bonds. The van der Waals surface area contributed by atoms with Crippen LogP contribution < -0.4 is 0 Å². The van der Waals surface area contributed by atoms with Gasteiger partial charge in [-0.3, -0.25) is 4.79 Å². The summed E-state index contributed by atoms with van der Waals surface area (Å²) >= 11 is 0. The molecule has 0 saturated heterocycles. The zero-order valence-corrected chi connectivity index (χ0v) is 8.31. The van der Waals surface area contributed by atoms with Crippen molar-refractivity contribution in [3.63, 3.8) is 0 Å². The molecule has 0 spiro atoms. The van der Waals surface area contributed by atoms with Crippen molar-refractivity contribution in [2.45, 2.75) is 46.0 Å². The fourth-order valence-electron chi connectivity index (χ4n) is 1.13. The zero-order valence-electron chi connectivity index (χ0n) is 8.31. The van der Waals surface area contributed by atoms with Gasteiger partial charge in [-0.15, -0.1) is 6.58 Å². The Bertz CT molecular complexity index is 138. The van der Waals surface area contributed by atoms with E-state index in [2.05, 4.69) is 13.5 Å². The molecule has 0 N–H and O–H groups in total. The second-order valence-corrected chi connectivity index (χ2v) is 3.34. The van der Waals surface area contributed by atoms with E-state index in [9.17, 15) is 4.79 Å². The minimum atomic E-state index is 0.231. The lowest BCUT2D eigenvalue weighted by atomic mass is 9.97. The first kappa shape index (κ1) is 11.4. The van der Waals surface area contributed by atoms with Crippen LogP contribution in [0.2, 0.25) is 0 Å². The van der Waals surface area contributed by atoms with Gasteiger partial charge in [0, 0.05) is 12.3 Å². The summed E-state index contributed by atoms with van der Waals surface area (Å²) in [5.41, 5.74) is 0. The van der Waals surface area contributed by atoms with Crippen LogP contribution in [-0.2, 0) is 4.79 Å². The van der Waals surface area contributed by atoms with E-state index in [1.54, 1.807) is 0 Å². The van der Waals surface area contributed by atoms with Crippen molar-refractivity contribution >= 4 is 5.78 Å². The number of ketones is 1. The van der Waals surface area contributed by atoms with E-state index in [4.69, 9.17) is 0 Å². The van der Waals surface area contributed by atoms with Crippen LogP contribution in [0.15, 0.2) is 12.7 Å². The Morgan fingerprint density at radius 2 is 2.25 bits per heavy atom. The average molecular weight is 168 g/mol. The Hall–Kier alpha value is -0.590. The van der Waals surface area contributed by atoms with Crippen molar-refractivity contribution in [2.24, 2.45) is 5.92 Å². The molecule has 0 unspecified atom stereocenters. The summed E-state index contributed by atoms with van der Waals surface area (Å²) in [7, 11) is 0. The van der Waals surface area contributed by atoms with E-state index < -0.39 is 0 Å². The van der Waals surface area contributed by atoms with Gasteiger partial charge >= 0.3 is 0 Å². The molecule has 1 heteroatoms. The maximum atomic E-state index is 11.4. The zero-order chi connectivity index (χ0) is 9.40. The van der Waals surface area contributed by atoms with Crippen molar-refractivity contribution in [2.75, 3.05) is 0 Å². The lowest BCUT2D eigenvalue weighted by molar-refractivity contribution is -0.122. The van der Waals surface area contributed by atoms with Gasteiger partial charge in [0.2, 0.25) is 0 Å². The maximum Gasteiger partial charge on any atom is 0.135 e. The highest BCUT2D eigenvalue weighted by molar-refractivity contribution is 5.80. The number of carbonyl (C=O) groups excluding carboxylic acids is 1. The molecule has 0 saturated carbocycles. The molecular formula is C11H20O. The quantitative estimate of drug-likeness (QED) is 0.533. The SMILES string of the molecule is C=CCC[C@@H](C)C(=O)CCCC. The fourth-order valence-corrected chi connectivity index (χ4v) is 1.13. The summed E-state index contributed by atoms with van der Waals surface area (Å²) in [6, 6.07) is 0. The lowest BCUT2D eigenvalue weighted by Gasteiger charge is -2.07.